The first-order chi connectivity index (χ1) is 10.7. The number of amides is 1. The molecule has 0 bridgehead atoms. The third-order valence-electron chi connectivity index (χ3n) is 3.00. The average molecular weight is 320 g/mol. The van der Waals surface area contributed by atoms with Crippen LogP contribution in [0.25, 0.3) is 0 Å². The zero-order valence-electron chi connectivity index (χ0n) is 13.7. The first-order valence-electron chi connectivity index (χ1n) is 7.25. The van der Waals surface area contributed by atoms with Crippen LogP contribution in [-0.2, 0) is 18.3 Å². The summed E-state index contributed by atoms with van der Waals surface area (Å²) >= 11 is 0. The fraction of sp³-hybridized carbons (Fsp3) is 0.375. The maximum absolute atomic E-state index is 13.5. The normalized spacial score (nSPS) is 11.2. The maximum Gasteiger partial charge on any atom is 0.412 e. The number of halogens is 1. The minimum absolute atomic E-state index is 0.396. The number of carbonyl (C=O) groups is 1. The summed E-state index contributed by atoms with van der Waals surface area (Å²) in [6, 6.07) is 5.95. The van der Waals surface area contributed by atoms with E-state index in [1.807, 2.05) is 13.1 Å². The lowest BCUT2D eigenvalue weighted by Crippen LogP contribution is -2.27. The van der Waals surface area contributed by atoms with Gasteiger partial charge in [-0.2, -0.15) is 5.10 Å². The molecule has 0 unspecified atom stereocenters. The van der Waals surface area contributed by atoms with Crippen LogP contribution in [0.4, 0.5) is 20.6 Å². The number of hydrogen-bond donors (Lipinski definition) is 2. The molecule has 0 spiro atoms. The third-order valence-corrected chi connectivity index (χ3v) is 3.00. The smallest absolute Gasteiger partial charge is 0.412 e. The molecule has 0 aliphatic carbocycles. The molecule has 124 valence electrons. The van der Waals surface area contributed by atoms with E-state index in [4.69, 9.17) is 4.74 Å². The van der Waals surface area contributed by atoms with E-state index in [0.717, 1.165) is 5.69 Å². The lowest BCUT2D eigenvalue weighted by atomic mass is 10.2. The molecule has 2 aromatic rings. The summed E-state index contributed by atoms with van der Waals surface area (Å²) in [5, 5.41) is 9.79. The summed E-state index contributed by atoms with van der Waals surface area (Å²) < 4.78 is 20.4. The quantitative estimate of drug-likeness (QED) is 0.904. The summed E-state index contributed by atoms with van der Waals surface area (Å²) in [5.74, 6) is -0.396. The molecule has 7 heteroatoms. The van der Waals surface area contributed by atoms with Crippen molar-refractivity contribution >= 4 is 17.5 Å². The predicted octanol–water partition coefficient (Wildman–Crippen LogP) is 3.52. The van der Waals surface area contributed by atoms with Crippen molar-refractivity contribution in [2.24, 2.45) is 7.05 Å². The minimum Gasteiger partial charge on any atom is -0.444 e. The SMILES string of the molecule is Cn1nccc1CNc1cc(F)ccc1NC(=O)OC(C)(C)C. The summed E-state index contributed by atoms with van der Waals surface area (Å²) in [7, 11) is 1.82. The Kier molecular flexibility index (Phi) is 4.88. The Balaban J connectivity index is 2.11. The van der Waals surface area contributed by atoms with Crippen LogP contribution in [0.5, 0.6) is 0 Å². The maximum atomic E-state index is 13.5. The van der Waals surface area contributed by atoms with Gasteiger partial charge in [0.05, 0.1) is 23.6 Å². The van der Waals surface area contributed by atoms with E-state index in [1.165, 1.54) is 18.2 Å². The van der Waals surface area contributed by atoms with Crippen LogP contribution >= 0.6 is 0 Å². The molecule has 1 aromatic heterocycles. The van der Waals surface area contributed by atoms with Crippen molar-refractivity contribution < 1.29 is 13.9 Å². The molecule has 0 radical (unpaired) electrons. The molecule has 23 heavy (non-hydrogen) atoms. The van der Waals surface area contributed by atoms with Gasteiger partial charge in [-0.1, -0.05) is 0 Å². The second-order valence-corrected chi connectivity index (χ2v) is 6.12. The second-order valence-electron chi connectivity index (χ2n) is 6.12. The number of anilines is 2. The Morgan fingerprint density at radius 1 is 1.30 bits per heavy atom. The van der Waals surface area contributed by atoms with Gasteiger partial charge in [0.1, 0.15) is 11.4 Å². The Morgan fingerprint density at radius 3 is 2.65 bits per heavy atom. The van der Waals surface area contributed by atoms with Crippen molar-refractivity contribution in [1.29, 1.82) is 0 Å². The molecule has 2 rings (SSSR count). The highest BCUT2D eigenvalue weighted by molar-refractivity contribution is 5.89. The van der Waals surface area contributed by atoms with E-state index in [-0.39, 0.29) is 0 Å². The van der Waals surface area contributed by atoms with Gasteiger partial charge >= 0.3 is 6.09 Å². The molecule has 2 N–H and O–H groups in total. The van der Waals surface area contributed by atoms with Gasteiger partial charge in [-0.3, -0.25) is 10.00 Å². The Bertz CT molecular complexity index is 692. The number of nitrogens with one attached hydrogen (secondary N) is 2. The van der Waals surface area contributed by atoms with E-state index >= 15 is 0 Å². The molecule has 0 saturated heterocycles. The first kappa shape index (κ1) is 16.8. The van der Waals surface area contributed by atoms with Crippen LogP contribution in [0.3, 0.4) is 0 Å². The summed E-state index contributed by atoms with van der Waals surface area (Å²) in [6.07, 6.45) is 1.09. The lowest BCUT2D eigenvalue weighted by Gasteiger charge is -2.20. The standard InChI is InChI=1S/C16H21FN4O2/c1-16(2,3)23-15(22)20-13-6-5-11(17)9-14(13)18-10-12-7-8-19-21(12)4/h5-9,18H,10H2,1-4H3,(H,20,22). The summed E-state index contributed by atoms with van der Waals surface area (Å²) in [5.41, 5.74) is 1.24. The van der Waals surface area contributed by atoms with Gasteiger partial charge in [0.15, 0.2) is 0 Å². The fourth-order valence-electron chi connectivity index (χ4n) is 1.95. The van der Waals surface area contributed by atoms with E-state index < -0.39 is 17.5 Å². The number of ether oxygens (including phenoxy) is 1. The number of benzene rings is 1. The van der Waals surface area contributed by atoms with Crippen LogP contribution in [0.2, 0.25) is 0 Å². The van der Waals surface area contributed by atoms with Gasteiger partial charge in [-0.05, 0) is 45.0 Å². The molecular weight excluding hydrogens is 299 g/mol. The number of rotatable bonds is 4. The monoisotopic (exact) mass is 320 g/mol. The zero-order chi connectivity index (χ0) is 17.0. The van der Waals surface area contributed by atoms with E-state index in [1.54, 1.807) is 31.6 Å². The van der Waals surface area contributed by atoms with Gasteiger partial charge in [0.2, 0.25) is 0 Å². The van der Waals surface area contributed by atoms with Gasteiger partial charge in [0, 0.05) is 13.2 Å². The average Bonchev–Trinajstić information content (AvgIpc) is 2.82. The van der Waals surface area contributed by atoms with Crippen molar-refractivity contribution in [2.75, 3.05) is 10.6 Å². The summed E-state index contributed by atoms with van der Waals surface area (Å²) in [6.45, 7) is 5.78. The zero-order valence-corrected chi connectivity index (χ0v) is 13.7. The molecule has 0 fully saturated rings. The molecule has 1 heterocycles. The van der Waals surface area contributed by atoms with Crippen LogP contribution in [-0.4, -0.2) is 21.5 Å². The molecule has 1 aromatic carbocycles. The number of carbonyl (C=O) groups excluding carboxylic acids is 1. The van der Waals surface area contributed by atoms with Gasteiger partial charge in [0.25, 0.3) is 0 Å². The molecular formula is C16H21FN4O2. The van der Waals surface area contributed by atoms with Gasteiger partial charge in [-0.15, -0.1) is 0 Å². The Labute approximate surface area is 134 Å². The van der Waals surface area contributed by atoms with Gasteiger partial charge < -0.3 is 10.1 Å². The van der Waals surface area contributed by atoms with Crippen LogP contribution < -0.4 is 10.6 Å². The second kappa shape index (κ2) is 6.68. The third kappa shape index (κ3) is 4.98. The number of nitrogens with zero attached hydrogens (tertiary/aromatic N) is 2. The predicted molar refractivity (Wildman–Crippen MR) is 86.8 cm³/mol. The van der Waals surface area contributed by atoms with Crippen molar-refractivity contribution in [2.45, 2.75) is 32.9 Å². The van der Waals surface area contributed by atoms with Gasteiger partial charge in [-0.25, -0.2) is 9.18 Å². The molecule has 1 amide bonds. The van der Waals surface area contributed by atoms with Crippen molar-refractivity contribution in [3.8, 4) is 0 Å². The molecule has 0 aliphatic rings. The van der Waals surface area contributed by atoms with Crippen LogP contribution in [0.1, 0.15) is 26.5 Å². The van der Waals surface area contributed by atoms with E-state index in [0.29, 0.717) is 17.9 Å². The number of aryl methyl sites for hydroxylation is 1. The largest absolute Gasteiger partial charge is 0.444 e. The number of hydrogen-bond acceptors (Lipinski definition) is 4. The lowest BCUT2D eigenvalue weighted by molar-refractivity contribution is 0.0636. The highest BCUT2D eigenvalue weighted by Gasteiger charge is 2.17. The molecule has 0 aliphatic heterocycles. The highest BCUT2D eigenvalue weighted by Crippen LogP contribution is 2.24. The molecule has 6 nitrogen and oxygen atoms in total. The van der Waals surface area contributed by atoms with Crippen LogP contribution in [0.15, 0.2) is 30.5 Å². The van der Waals surface area contributed by atoms with Crippen molar-refractivity contribution in [1.82, 2.24) is 9.78 Å². The molecule has 0 saturated carbocycles. The first-order valence-corrected chi connectivity index (χ1v) is 7.25. The van der Waals surface area contributed by atoms with E-state index in [9.17, 15) is 9.18 Å². The highest BCUT2D eigenvalue weighted by atomic mass is 19.1. The topological polar surface area (TPSA) is 68.2 Å². The Morgan fingerprint density at radius 2 is 2.04 bits per heavy atom. The number of aromatic nitrogens is 2. The van der Waals surface area contributed by atoms with Crippen molar-refractivity contribution in [3.63, 3.8) is 0 Å². The Hall–Kier alpha value is -2.57. The summed E-state index contributed by atoms with van der Waals surface area (Å²) in [4.78, 5) is 11.9. The minimum atomic E-state index is -0.605. The van der Waals surface area contributed by atoms with E-state index in [2.05, 4.69) is 15.7 Å². The fourth-order valence-corrected chi connectivity index (χ4v) is 1.95. The van der Waals surface area contributed by atoms with Crippen molar-refractivity contribution in [3.05, 3.63) is 42.0 Å². The van der Waals surface area contributed by atoms with Crippen LogP contribution in [0, 0.1) is 5.82 Å². The molecule has 0 atom stereocenters.